The van der Waals surface area contributed by atoms with Gasteiger partial charge in [0, 0.05) is 38.6 Å². The molecular weight excluding hydrogens is 251 g/mol. The van der Waals surface area contributed by atoms with Crippen molar-refractivity contribution in [3.8, 4) is 0 Å². The average Bonchev–Trinajstić information content (AvgIpc) is 2.20. The molecule has 3 heteroatoms. The van der Waals surface area contributed by atoms with Crippen LogP contribution in [-0.4, -0.2) is 5.91 Å². The number of rotatable bonds is 1. The van der Waals surface area contributed by atoms with Crippen molar-refractivity contribution < 1.29 is 37.5 Å². The summed E-state index contributed by atoms with van der Waals surface area (Å²) in [6.45, 7) is 3.64. The number of carbonyl (C=O) groups excluding carboxylic acids is 1. The Morgan fingerprint density at radius 2 is 1.79 bits per heavy atom. The normalized spacial score (nSPS) is 8.00. The van der Waals surface area contributed by atoms with Gasteiger partial charge < -0.3 is 5.32 Å². The fraction of sp³-hybridized carbons (Fsp3) is 0.273. The van der Waals surface area contributed by atoms with Crippen molar-refractivity contribution in [3.63, 3.8) is 0 Å². The van der Waals surface area contributed by atoms with Crippen molar-refractivity contribution in [2.24, 2.45) is 5.92 Å². The third kappa shape index (κ3) is 9.88. The Hall–Kier alpha value is -0.206. The zero-order chi connectivity index (χ0) is 10.1. The van der Waals surface area contributed by atoms with Gasteiger partial charge in [0.25, 0.3) is 0 Å². The molecule has 14 heavy (non-hydrogen) atoms. The fourth-order valence-electron chi connectivity index (χ4n) is 0.546. The van der Waals surface area contributed by atoms with Crippen LogP contribution >= 0.6 is 0 Å². The number of hydrogen-bond donors (Lipinski definition) is 1. The third-order valence-electron chi connectivity index (χ3n) is 1.31. The smallest absolute Gasteiger partial charge is 0.193 e. The monoisotopic (exact) mass is 266 g/mol. The summed E-state index contributed by atoms with van der Waals surface area (Å²) in [4.78, 5) is 10.3. The average molecular weight is 266 g/mol. The Kier molecular flexibility index (Phi) is 12.6. The van der Waals surface area contributed by atoms with Gasteiger partial charge in [-0.15, -0.1) is 0 Å². The minimum Gasteiger partial charge on any atom is -0.508 e. The van der Waals surface area contributed by atoms with Gasteiger partial charge in [-0.1, -0.05) is 13.8 Å². The Balaban J connectivity index is 0. The molecule has 75 valence electrons. The molecule has 0 bridgehead atoms. The van der Waals surface area contributed by atoms with Crippen LogP contribution in [0.3, 0.4) is 0 Å². The molecule has 0 spiro atoms. The fourth-order valence-corrected chi connectivity index (χ4v) is 0.546. The standard InChI is InChI=1S/C6H5.C5H10NO.Y/c1-2-4-6-5-3-1;1-4(2)5(7)6-3;/h1-5H;4H,3H2,1-2H3,(H,6,7);/q2*-1;. The number of benzene rings is 1. The first-order valence-electron chi connectivity index (χ1n) is 4.16. The van der Waals surface area contributed by atoms with Crippen molar-refractivity contribution in [1.29, 1.82) is 0 Å². The van der Waals surface area contributed by atoms with Crippen LogP contribution in [0.2, 0.25) is 0 Å². The van der Waals surface area contributed by atoms with Gasteiger partial charge in [-0.3, -0.25) is 11.8 Å². The van der Waals surface area contributed by atoms with Crippen LogP contribution in [-0.2, 0) is 37.5 Å². The van der Waals surface area contributed by atoms with Crippen LogP contribution in [0, 0.1) is 19.0 Å². The molecule has 1 amide bonds. The molecule has 1 N–H and O–H groups in total. The maximum atomic E-state index is 10.3. The number of carbonyl (C=O) groups is 1. The summed E-state index contributed by atoms with van der Waals surface area (Å²) in [5, 5.41) is 2.28. The predicted octanol–water partition coefficient (Wildman–Crippen LogP) is 2.03. The Morgan fingerprint density at radius 3 is 1.86 bits per heavy atom. The van der Waals surface area contributed by atoms with Gasteiger partial charge in [0.1, 0.15) is 0 Å². The molecule has 0 fully saturated rings. The van der Waals surface area contributed by atoms with E-state index in [4.69, 9.17) is 0 Å². The van der Waals surface area contributed by atoms with E-state index in [0.717, 1.165) is 0 Å². The van der Waals surface area contributed by atoms with Gasteiger partial charge in [-0.05, 0) is 0 Å². The molecule has 0 atom stereocenters. The summed E-state index contributed by atoms with van der Waals surface area (Å²) < 4.78 is 0. The van der Waals surface area contributed by atoms with Crippen LogP contribution in [0.5, 0.6) is 0 Å². The zero-order valence-electron chi connectivity index (χ0n) is 8.66. The summed E-state index contributed by atoms with van der Waals surface area (Å²) in [5.41, 5.74) is 0. The Bertz CT molecular complexity index is 197. The van der Waals surface area contributed by atoms with Crippen molar-refractivity contribution in [2.45, 2.75) is 13.8 Å². The quantitative estimate of drug-likeness (QED) is 0.774. The van der Waals surface area contributed by atoms with E-state index in [1.54, 1.807) is 0 Å². The van der Waals surface area contributed by atoms with Gasteiger partial charge in [0.2, 0.25) is 0 Å². The molecule has 0 saturated carbocycles. The van der Waals surface area contributed by atoms with Crippen LogP contribution in [0.1, 0.15) is 13.8 Å². The van der Waals surface area contributed by atoms with Gasteiger partial charge in [0.15, 0.2) is 5.91 Å². The molecule has 0 aromatic heterocycles. The summed E-state index contributed by atoms with van der Waals surface area (Å²) in [7, 11) is 3.21. The van der Waals surface area contributed by atoms with Crippen LogP contribution < -0.4 is 5.32 Å². The second-order valence-electron chi connectivity index (χ2n) is 2.77. The largest absolute Gasteiger partial charge is 0.508 e. The van der Waals surface area contributed by atoms with Crippen molar-refractivity contribution in [3.05, 3.63) is 43.4 Å². The van der Waals surface area contributed by atoms with E-state index in [1.165, 1.54) is 0 Å². The first-order chi connectivity index (χ1) is 6.18. The van der Waals surface area contributed by atoms with Crippen molar-refractivity contribution in [2.75, 3.05) is 0 Å². The van der Waals surface area contributed by atoms with E-state index >= 15 is 0 Å². The number of hydrogen-bond acceptors (Lipinski definition) is 1. The Morgan fingerprint density at radius 1 is 1.29 bits per heavy atom. The van der Waals surface area contributed by atoms with Crippen LogP contribution in [0.25, 0.3) is 0 Å². The SMILES string of the molecule is [CH2-]NC(=O)C(C)C.[Y].[c-]1ccccc1. The van der Waals surface area contributed by atoms with E-state index in [0.29, 0.717) is 0 Å². The van der Waals surface area contributed by atoms with E-state index in [-0.39, 0.29) is 44.5 Å². The molecule has 1 aromatic rings. The molecule has 1 radical (unpaired) electrons. The number of amides is 1. The molecule has 0 aliphatic rings. The molecule has 0 aliphatic heterocycles. The van der Waals surface area contributed by atoms with Crippen LogP contribution in [0.15, 0.2) is 30.3 Å². The molecule has 1 aromatic carbocycles. The van der Waals surface area contributed by atoms with E-state index < -0.39 is 0 Å². The third-order valence-corrected chi connectivity index (χ3v) is 1.31. The van der Waals surface area contributed by atoms with E-state index in [9.17, 15) is 4.79 Å². The van der Waals surface area contributed by atoms with Gasteiger partial charge in [-0.2, -0.15) is 36.4 Å². The first kappa shape index (κ1) is 16.2. The van der Waals surface area contributed by atoms with Crippen molar-refractivity contribution >= 4 is 5.91 Å². The second kappa shape index (κ2) is 10.9. The minimum absolute atomic E-state index is 0. The number of nitrogens with one attached hydrogen (secondary N) is 1. The second-order valence-corrected chi connectivity index (χ2v) is 2.77. The zero-order valence-corrected chi connectivity index (χ0v) is 11.5. The molecule has 2 nitrogen and oxygen atoms in total. The molecule has 0 aliphatic carbocycles. The van der Waals surface area contributed by atoms with Gasteiger partial charge in [-0.25, -0.2) is 0 Å². The molecular formula is C11H15NOY-2. The molecule has 0 unspecified atom stereocenters. The molecule has 1 rings (SSSR count). The summed E-state index contributed by atoms with van der Waals surface area (Å²) in [6, 6.07) is 12.5. The minimum atomic E-state index is -0.0139. The van der Waals surface area contributed by atoms with E-state index in [2.05, 4.69) is 18.4 Å². The van der Waals surface area contributed by atoms with Crippen molar-refractivity contribution in [1.82, 2.24) is 5.32 Å². The summed E-state index contributed by atoms with van der Waals surface area (Å²) in [6.07, 6.45) is 0. The topological polar surface area (TPSA) is 29.1 Å². The maximum absolute atomic E-state index is 10.3. The Labute approximate surface area is 111 Å². The maximum Gasteiger partial charge on any atom is 0.193 e. The molecule has 0 heterocycles. The first-order valence-corrected chi connectivity index (χ1v) is 4.16. The van der Waals surface area contributed by atoms with Gasteiger partial charge >= 0.3 is 0 Å². The molecule has 0 saturated heterocycles. The van der Waals surface area contributed by atoms with E-state index in [1.807, 2.05) is 44.2 Å². The summed E-state index contributed by atoms with van der Waals surface area (Å²) >= 11 is 0. The predicted molar refractivity (Wildman–Crippen MR) is 53.6 cm³/mol. The van der Waals surface area contributed by atoms with Gasteiger partial charge in [0.05, 0.1) is 0 Å². The summed E-state index contributed by atoms with van der Waals surface area (Å²) in [5.74, 6) is 0.0394. The van der Waals surface area contributed by atoms with Crippen LogP contribution in [0.4, 0.5) is 0 Å².